The summed E-state index contributed by atoms with van der Waals surface area (Å²) in [4.78, 5) is 22.6. The third kappa shape index (κ3) is 3.31. The Morgan fingerprint density at radius 1 is 1.24 bits per heavy atom. The van der Waals surface area contributed by atoms with Crippen LogP contribution < -0.4 is 10.2 Å². The van der Waals surface area contributed by atoms with Crippen molar-refractivity contribution in [1.82, 2.24) is 15.3 Å². The molecule has 3 heterocycles. The lowest BCUT2D eigenvalue weighted by Crippen LogP contribution is -2.35. The Morgan fingerprint density at radius 2 is 1.90 bits per heavy atom. The minimum absolute atomic E-state index is 0.0193. The topological polar surface area (TPSA) is 92.3 Å². The van der Waals surface area contributed by atoms with Crippen LogP contribution in [0.2, 0.25) is 0 Å². The molecule has 0 spiro atoms. The Labute approximate surface area is 123 Å². The Morgan fingerprint density at radius 3 is 2.48 bits per heavy atom. The molecule has 21 heavy (non-hydrogen) atoms. The maximum Gasteiger partial charge on any atom is 0.254 e. The standard InChI is InChI=1S/C13H18N4O3S/c18-12(16-11-3-6-21(19,20)9-11)10-7-14-13(15-8-10)17-4-1-2-5-17/h7-8,11H,1-6,9H2,(H,16,18). The lowest BCUT2D eigenvalue weighted by molar-refractivity contribution is 0.0940. The summed E-state index contributed by atoms with van der Waals surface area (Å²) in [6.07, 6.45) is 5.75. The number of sulfone groups is 1. The van der Waals surface area contributed by atoms with Crippen molar-refractivity contribution < 1.29 is 13.2 Å². The number of nitrogens with zero attached hydrogens (tertiary/aromatic N) is 3. The van der Waals surface area contributed by atoms with Crippen LogP contribution in [-0.4, -0.2) is 54.9 Å². The number of carbonyl (C=O) groups excluding carboxylic acids is 1. The molecule has 2 aliphatic heterocycles. The van der Waals surface area contributed by atoms with Crippen molar-refractivity contribution >= 4 is 21.7 Å². The number of hydrogen-bond acceptors (Lipinski definition) is 6. The molecule has 2 fully saturated rings. The first-order valence-electron chi connectivity index (χ1n) is 7.12. The molecular weight excluding hydrogens is 292 g/mol. The van der Waals surface area contributed by atoms with E-state index in [-0.39, 0.29) is 23.5 Å². The normalized spacial score (nSPS) is 24.2. The van der Waals surface area contributed by atoms with Crippen molar-refractivity contribution in [2.75, 3.05) is 29.5 Å². The maximum absolute atomic E-state index is 12.0. The van der Waals surface area contributed by atoms with Crippen LogP contribution in [0.1, 0.15) is 29.6 Å². The lowest BCUT2D eigenvalue weighted by atomic mass is 10.2. The molecule has 1 amide bonds. The number of aromatic nitrogens is 2. The van der Waals surface area contributed by atoms with Gasteiger partial charge >= 0.3 is 0 Å². The van der Waals surface area contributed by atoms with E-state index in [0.717, 1.165) is 25.9 Å². The molecule has 2 saturated heterocycles. The van der Waals surface area contributed by atoms with Crippen LogP contribution in [0.4, 0.5) is 5.95 Å². The fourth-order valence-corrected chi connectivity index (χ4v) is 4.37. The molecule has 1 N–H and O–H groups in total. The highest BCUT2D eigenvalue weighted by atomic mass is 32.2. The molecule has 0 aliphatic carbocycles. The second kappa shape index (κ2) is 5.59. The van der Waals surface area contributed by atoms with Crippen molar-refractivity contribution in [1.29, 1.82) is 0 Å². The van der Waals surface area contributed by atoms with Crippen molar-refractivity contribution in [2.24, 2.45) is 0 Å². The number of hydrogen-bond donors (Lipinski definition) is 1. The highest BCUT2D eigenvalue weighted by Crippen LogP contribution is 2.15. The fraction of sp³-hybridized carbons (Fsp3) is 0.615. The van der Waals surface area contributed by atoms with Crippen molar-refractivity contribution in [3.05, 3.63) is 18.0 Å². The van der Waals surface area contributed by atoms with Crippen molar-refractivity contribution in [3.63, 3.8) is 0 Å². The van der Waals surface area contributed by atoms with Crippen molar-refractivity contribution in [3.8, 4) is 0 Å². The van der Waals surface area contributed by atoms with Gasteiger partial charge in [0, 0.05) is 31.5 Å². The molecule has 1 aromatic heterocycles. The fourth-order valence-electron chi connectivity index (χ4n) is 2.70. The molecule has 114 valence electrons. The molecule has 0 radical (unpaired) electrons. The second-order valence-electron chi connectivity index (χ2n) is 5.54. The summed E-state index contributed by atoms with van der Waals surface area (Å²) in [5.74, 6) is 0.492. The van der Waals surface area contributed by atoms with Gasteiger partial charge in [-0.25, -0.2) is 18.4 Å². The molecular formula is C13H18N4O3S. The molecule has 0 aromatic carbocycles. The largest absolute Gasteiger partial charge is 0.348 e. The van der Waals surface area contributed by atoms with Gasteiger partial charge in [-0.2, -0.15) is 0 Å². The number of rotatable bonds is 3. The molecule has 3 rings (SSSR count). The minimum atomic E-state index is -2.99. The van der Waals surface area contributed by atoms with E-state index in [1.165, 1.54) is 12.4 Å². The van der Waals surface area contributed by atoms with Crippen LogP contribution in [0.15, 0.2) is 12.4 Å². The van der Waals surface area contributed by atoms with Gasteiger partial charge in [0.1, 0.15) is 0 Å². The molecule has 2 aliphatic rings. The summed E-state index contributed by atoms with van der Waals surface area (Å²) in [6, 6.07) is -0.305. The van der Waals surface area contributed by atoms with Gasteiger partial charge in [0.05, 0.1) is 17.1 Å². The zero-order chi connectivity index (χ0) is 14.9. The Hall–Kier alpha value is -1.70. The van der Waals surface area contributed by atoms with E-state index in [0.29, 0.717) is 17.9 Å². The second-order valence-corrected chi connectivity index (χ2v) is 7.77. The average molecular weight is 310 g/mol. The van der Waals surface area contributed by atoms with E-state index >= 15 is 0 Å². The first-order valence-corrected chi connectivity index (χ1v) is 8.94. The van der Waals surface area contributed by atoms with Gasteiger partial charge in [0.2, 0.25) is 5.95 Å². The lowest BCUT2D eigenvalue weighted by Gasteiger charge is -2.15. The number of amides is 1. The predicted molar refractivity (Wildman–Crippen MR) is 78.0 cm³/mol. The quantitative estimate of drug-likeness (QED) is 0.844. The van der Waals surface area contributed by atoms with Gasteiger partial charge in [-0.15, -0.1) is 0 Å². The van der Waals surface area contributed by atoms with Gasteiger partial charge in [0.25, 0.3) is 5.91 Å². The van der Waals surface area contributed by atoms with Crippen LogP contribution in [-0.2, 0) is 9.84 Å². The average Bonchev–Trinajstić information content (AvgIpc) is 3.09. The van der Waals surface area contributed by atoms with Crippen LogP contribution in [0.5, 0.6) is 0 Å². The molecule has 8 heteroatoms. The molecule has 0 saturated carbocycles. The third-order valence-corrected chi connectivity index (χ3v) is 5.62. The summed E-state index contributed by atoms with van der Waals surface area (Å²) >= 11 is 0. The van der Waals surface area contributed by atoms with Crippen LogP contribution in [0.3, 0.4) is 0 Å². The number of nitrogens with one attached hydrogen (secondary N) is 1. The van der Waals surface area contributed by atoms with Gasteiger partial charge in [-0.05, 0) is 19.3 Å². The summed E-state index contributed by atoms with van der Waals surface area (Å²) < 4.78 is 22.7. The predicted octanol–water partition coefficient (Wildman–Crippen LogP) is -0.00630. The van der Waals surface area contributed by atoms with E-state index in [1.54, 1.807) is 0 Å². The smallest absolute Gasteiger partial charge is 0.254 e. The Bertz CT molecular complexity index is 623. The highest BCUT2D eigenvalue weighted by molar-refractivity contribution is 7.91. The van der Waals surface area contributed by atoms with Crippen LogP contribution in [0.25, 0.3) is 0 Å². The van der Waals surface area contributed by atoms with E-state index in [9.17, 15) is 13.2 Å². The molecule has 1 atom stereocenters. The van der Waals surface area contributed by atoms with E-state index in [4.69, 9.17) is 0 Å². The number of carbonyl (C=O) groups is 1. The van der Waals surface area contributed by atoms with Crippen LogP contribution >= 0.6 is 0 Å². The summed E-state index contributed by atoms with van der Waals surface area (Å²) in [7, 11) is -2.99. The van der Waals surface area contributed by atoms with Crippen molar-refractivity contribution in [2.45, 2.75) is 25.3 Å². The Balaban J connectivity index is 1.62. The number of anilines is 1. The first-order chi connectivity index (χ1) is 10.0. The zero-order valence-electron chi connectivity index (χ0n) is 11.7. The first kappa shape index (κ1) is 14.2. The maximum atomic E-state index is 12.0. The van der Waals surface area contributed by atoms with Gasteiger partial charge < -0.3 is 10.2 Å². The van der Waals surface area contributed by atoms with Gasteiger partial charge in [-0.3, -0.25) is 4.79 Å². The summed E-state index contributed by atoms with van der Waals surface area (Å²) in [6.45, 7) is 1.90. The SMILES string of the molecule is O=C(NC1CCS(=O)(=O)C1)c1cnc(N2CCCC2)nc1. The molecule has 1 unspecified atom stereocenters. The van der Waals surface area contributed by atoms with E-state index < -0.39 is 9.84 Å². The van der Waals surface area contributed by atoms with Crippen LogP contribution in [0, 0.1) is 0 Å². The van der Waals surface area contributed by atoms with E-state index in [1.807, 2.05) is 0 Å². The third-order valence-electron chi connectivity index (χ3n) is 3.86. The summed E-state index contributed by atoms with van der Waals surface area (Å²) in [5, 5.41) is 2.73. The minimum Gasteiger partial charge on any atom is -0.348 e. The van der Waals surface area contributed by atoms with E-state index in [2.05, 4.69) is 20.2 Å². The monoisotopic (exact) mass is 310 g/mol. The van der Waals surface area contributed by atoms with Gasteiger partial charge in [-0.1, -0.05) is 0 Å². The van der Waals surface area contributed by atoms with Gasteiger partial charge in [0.15, 0.2) is 9.84 Å². The molecule has 1 aromatic rings. The molecule has 0 bridgehead atoms. The highest BCUT2D eigenvalue weighted by Gasteiger charge is 2.29. The molecule has 7 nitrogen and oxygen atoms in total. The zero-order valence-corrected chi connectivity index (χ0v) is 12.5. The summed E-state index contributed by atoms with van der Waals surface area (Å²) in [5.41, 5.74) is 0.363. The Kier molecular flexibility index (Phi) is 3.79.